The summed E-state index contributed by atoms with van der Waals surface area (Å²) in [5, 5.41) is 89.6. The predicted molar refractivity (Wildman–Crippen MR) is 544 cm³/mol. The number of benzene rings is 6. The van der Waals surface area contributed by atoms with Crippen LogP contribution in [0.25, 0.3) is 32.6 Å². The van der Waals surface area contributed by atoms with Gasteiger partial charge in [0.15, 0.2) is 17.7 Å². The van der Waals surface area contributed by atoms with Gasteiger partial charge in [0.2, 0.25) is 59.1 Å². The number of carboxylic acids is 3. The van der Waals surface area contributed by atoms with E-state index in [9.17, 15) is 54.0 Å². The highest BCUT2D eigenvalue weighted by molar-refractivity contribution is 6.09. The van der Waals surface area contributed by atoms with Crippen molar-refractivity contribution in [3.63, 3.8) is 0 Å². The third-order valence-electron chi connectivity index (χ3n) is 25.4. The Balaban J connectivity index is 0.855. The molecular formula is C100H130N28O20. The van der Waals surface area contributed by atoms with Crippen LogP contribution < -0.4 is 92.3 Å². The van der Waals surface area contributed by atoms with Crippen LogP contribution in [0.2, 0.25) is 0 Å². The molecule has 0 aliphatic carbocycles. The van der Waals surface area contributed by atoms with E-state index in [0.717, 1.165) is 10.8 Å². The van der Waals surface area contributed by atoms with Gasteiger partial charge in [-0.3, -0.25) is 108 Å². The summed E-state index contributed by atoms with van der Waals surface area (Å²) >= 11 is 0. The fraction of sp³-hybridized carbons (Fsp3) is 0.410. The predicted octanol–water partition coefficient (Wildman–Crippen LogP) is -2.55. The molecule has 790 valence electrons. The Kier molecular flexibility index (Phi) is 42.6. The van der Waals surface area contributed by atoms with Crippen LogP contribution >= 0.6 is 0 Å². The number of fused-ring (bicyclic) bond motifs is 3. The van der Waals surface area contributed by atoms with Gasteiger partial charge in [-0.1, -0.05) is 133 Å². The number of likely N-dealkylation sites (tertiary alicyclic amines) is 1. The van der Waals surface area contributed by atoms with Crippen LogP contribution in [0.3, 0.4) is 0 Å². The molecule has 11 rings (SSSR count). The maximum Gasteiger partial charge on any atom is 0.330 e. The first-order valence-electron chi connectivity index (χ1n) is 48.8. The Morgan fingerprint density at radius 2 is 0.824 bits per heavy atom. The lowest BCUT2D eigenvalue weighted by atomic mass is 9.98. The highest BCUT2D eigenvalue weighted by Crippen LogP contribution is 2.26. The summed E-state index contributed by atoms with van der Waals surface area (Å²) in [6, 6.07) is 24.6. The van der Waals surface area contributed by atoms with E-state index in [2.05, 4.69) is 83.8 Å². The fourth-order valence-electron chi connectivity index (χ4n) is 17.7. The molecule has 0 bridgehead atoms. The molecule has 6 aromatic carbocycles. The minimum absolute atomic E-state index is 0.00164. The topological polar surface area (TPSA) is 739 Å². The van der Waals surface area contributed by atoms with Crippen LogP contribution in [0.1, 0.15) is 102 Å². The first kappa shape index (κ1) is 112. The van der Waals surface area contributed by atoms with Gasteiger partial charge in [-0.2, -0.15) is 0 Å². The van der Waals surface area contributed by atoms with E-state index in [0.29, 0.717) is 68.0 Å². The lowest BCUT2D eigenvalue weighted by Gasteiger charge is -2.33. The number of hydrazine groups is 1. The summed E-state index contributed by atoms with van der Waals surface area (Å²) in [5.41, 5.74) is 31.0. The van der Waals surface area contributed by atoms with Crippen LogP contribution in [-0.2, 0) is 99.2 Å². The number of rotatable bonds is 52. The highest BCUT2D eigenvalue weighted by atomic mass is 16.4. The van der Waals surface area contributed by atoms with Crippen molar-refractivity contribution >= 4 is 139 Å². The van der Waals surface area contributed by atoms with Gasteiger partial charge in [0.1, 0.15) is 60.4 Å². The SMILES string of the molecule is N=C(N)NCCC[C@H](NC(=O)[C@H](Cc1ccc2ccccc2c1)NC(=O)[C@@H](CCCCN)NC(=O)CN1CCN(CC(=O)O)CCN(CC(=O)O)CCN(CC(=O)O)CC1)C(=O)N[C@@H](Cc1c[nH]c2ccccc12)C(=O)N[C@@H](CO)C(=O)N[C@@H](Cc1cnc[nH]1)C(=O)N[C@H](CCCNC(=N)N)C(=O)N[C@@H](Cc1c[nH]c2ccccc12)C(=O)N[C@H](Cc1ccc(C(=O)c2ccccc2)cc1)C(=O)N1CCC[C@H]1C(=O)NNC(N)=O. The number of carbonyl (C=O) groups excluding carboxylic acids is 13. The molecule has 48 heteroatoms. The summed E-state index contributed by atoms with van der Waals surface area (Å²) in [6.45, 7) is -1.99. The van der Waals surface area contributed by atoms with E-state index in [1.807, 2.05) is 23.6 Å². The number of unbranched alkanes of at least 4 members (excludes halogenated alkanes) is 1. The number of hydrogen-bond donors (Lipinski definition) is 26. The lowest BCUT2D eigenvalue weighted by molar-refractivity contribution is -0.142. The summed E-state index contributed by atoms with van der Waals surface area (Å²) < 4.78 is 0. The Morgan fingerprint density at radius 3 is 1.30 bits per heavy atom. The molecule has 2 aliphatic rings. The number of nitrogens with zero attached hydrogens (tertiary/aromatic N) is 6. The maximum atomic E-state index is 15.6. The average Bonchev–Trinajstić information content (AvgIpc) is 1.48. The molecule has 0 spiro atoms. The Bertz CT molecular complexity index is 6090. The van der Waals surface area contributed by atoms with Crippen molar-refractivity contribution in [1.82, 2.24) is 114 Å². The number of urea groups is 1. The van der Waals surface area contributed by atoms with Gasteiger partial charge in [-0.05, 0) is 109 Å². The number of primary amides is 1. The maximum absolute atomic E-state index is 15.6. The Labute approximate surface area is 851 Å². The number of carboxylic acid groups (broad SMARTS) is 3. The van der Waals surface area contributed by atoms with Crippen molar-refractivity contribution in [2.24, 2.45) is 22.9 Å². The van der Waals surface area contributed by atoms with Gasteiger partial charge in [0.05, 0.1) is 39.1 Å². The molecule has 2 aliphatic heterocycles. The Hall–Kier alpha value is -16.3. The fourth-order valence-corrected chi connectivity index (χ4v) is 17.7. The molecule has 10 atom stereocenters. The zero-order chi connectivity index (χ0) is 106. The zero-order valence-electron chi connectivity index (χ0n) is 81.7. The zero-order valence-corrected chi connectivity index (χ0v) is 81.7. The second-order valence-corrected chi connectivity index (χ2v) is 36.4. The van der Waals surface area contributed by atoms with Crippen LogP contribution in [0.4, 0.5) is 4.79 Å². The number of H-pyrrole nitrogens is 3. The van der Waals surface area contributed by atoms with E-state index in [4.69, 9.17) is 33.8 Å². The number of aliphatic hydroxyl groups is 1. The number of aromatic nitrogens is 4. The molecule has 30 N–H and O–H groups in total. The third kappa shape index (κ3) is 34.7. The number of hydrogen-bond acceptors (Lipinski definition) is 25. The molecule has 0 unspecified atom stereocenters. The molecule has 9 aromatic rings. The van der Waals surface area contributed by atoms with Crippen molar-refractivity contribution in [1.29, 1.82) is 10.8 Å². The summed E-state index contributed by atoms with van der Waals surface area (Å²) in [4.78, 5) is 249. The number of ketones is 1. The van der Waals surface area contributed by atoms with E-state index >= 15 is 43.2 Å². The largest absolute Gasteiger partial charge is 0.480 e. The first-order chi connectivity index (χ1) is 71.1. The Morgan fingerprint density at radius 1 is 0.412 bits per heavy atom. The van der Waals surface area contributed by atoms with Gasteiger partial charge < -0.3 is 122 Å². The quantitative estimate of drug-likeness (QED) is 0.00613. The first-order valence-corrected chi connectivity index (χ1v) is 48.8. The molecule has 3 aromatic heterocycles. The minimum atomic E-state index is -1.97. The number of aliphatic hydroxyl groups excluding tert-OH is 1. The second kappa shape index (κ2) is 56.2. The molecule has 2 saturated heterocycles. The smallest absolute Gasteiger partial charge is 0.330 e. The number of imidazole rings is 1. The van der Waals surface area contributed by atoms with Crippen molar-refractivity contribution in [3.05, 3.63) is 210 Å². The molecular weight excluding hydrogens is 1910 g/mol. The number of amides is 13. The van der Waals surface area contributed by atoms with Crippen LogP contribution in [0.15, 0.2) is 171 Å². The standard InChI is InChI=1S/C100H130N28O20/c101-33-11-10-23-73(113-83(130)54-124-37-39-125(55-84(131)132)41-43-127(57-86(135)136)44-42-126(40-38-124)56-85(133)134)88(138)116-76(47-61-29-30-62-15-4-5-18-65(62)45-61)91(141)114-74(24-12-34-108-98(102)103)89(139)118-78(49-67-52-111-72-22-9-7-20-70(67)72)93(143)121-81(58-129)95(145)119-79(50-68-53-107-59-112-68)94(144)115-75(25-13-35-109-99(104)105)90(140)117-77(48-66-51-110-71-21-8-6-19-69(66)71)92(142)120-80(97(147)128-36-14-26-82(128)96(146)122-123-100(106)148)46-60-27-31-64(32-28-60)87(137)63-16-2-1-3-17-63/h1-9,15-22,27-32,45,51-53,59,73-82,110-111,129H,10-14,23-26,33-44,46-50,54-58,101H2,(H,107,112)(H,113,130)(H,114,141)(H,115,144)(H,116,138)(H,117,140)(H,118,139)(H,119,145)(H,120,142)(H,121,143)(H,122,146)(H,131,132)(H,133,134)(H,135,136)(H4,102,103,108)(H4,104,105,109)(H3,106,123,148)/t73-,74+,75-,76+,77+,78+,79+,80-,81+,82+/m1/s1. The number of nitrogens with two attached hydrogens (primary N) is 4. The average molecular weight is 2040 g/mol. The third-order valence-corrected chi connectivity index (χ3v) is 25.4. The molecule has 5 heterocycles. The highest BCUT2D eigenvalue weighted by Gasteiger charge is 2.42. The van der Waals surface area contributed by atoms with Gasteiger partial charge >= 0.3 is 23.9 Å². The normalized spacial score (nSPS) is 15.7. The molecule has 0 radical (unpaired) electrons. The van der Waals surface area contributed by atoms with E-state index < -0.39 is 194 Å². The monoisotopic (exact) mass is 2040 g/mol. The molecule has 13 amide bonds. The number of aromatic amines is 3. The van der Waals surface area contributed by atoms with Crippen molar-refractivity contribution in [2.75, 3.05) is 111 Å². The number of nitrogens with one attached hydrogen (secondary N) is 18. The van der Waals surface area contributed by atoms with Gasteiger partial charge in [-0.25, -0.2) is 15.2 Å². The van der Waals surface area contributed by atoms with E-state index in [1.54, 1.807) is 159 Å². The summed E-state index contributed by atoms with van der Waals surface area (Å²) in [6.07, 6.45) is 4.90. The van der Waals surface area contributed by atoms with Gasteiger partial charge in [0.25, 0.3) is 5.91 Å². The lowest BCUT2D eigenvalue weighted by Crippen LogP contribution is -2.62. The second-order valence-electron chi connectivity index (χ2n) is 36.4. The number of carbonyl (C=O) groups is 16. The van der Waals surface area contributed by atoms with Crippen molar-refractivity contribution in [3.8, 4) is 0 Å². The van der Waals surface area contributed by atoms with Crippen LogP contribution in [0, 0.1) is 10.8 Å². The van der Waals surface area contributed by atoms with E-state index in [-0.39, 0.29) is 167 Å². The van der Waals surface area contributed by atoms with Crippen LogP contribution in [0.5, 0.6) is 0 Å². The molecule has 0 saturated carbocycles. The molecule has 48 nitrogen and oxygen atoms in total. The van der Waals surface area contributed by atoms with Crippen molar-refractivity contribution in [2.45, 2.75) is 150 Å². The molecule has 2 fully saturated rings. The minimum Gasteiger partial charge on any atom is -0.480 e. The summed E-state index contributed by atoms with van der Waals surface area (Å²) in [7, 11) is 0. The summed E-state index contributed by atoms with van der Waals surface area (Å²) in [5.74, 6) is -15.0. The number of guanidine groups is 2. The number of aliphatic carboxylic acids is 3. The molecule has 148 heavy (non-hydrogen) atoms. The number of para-hydroxylation sites is 2. The van der Waals surface area contributed by atoms with Gasteiger partial charge in [-0.15, -0.1) is 0 Å². The van der Waals surface area contributed by atoms with Crippen molar-refractivity contribution < 1.29 is 97.1 Å². The van der Waals surface area contributed by atoms with E-state index in [1.165, 1.54) is 17.4 Å². The van der Waals surface area contributed by atoms with Crippen LogP contribution in [-0.4, -0.2) is 343 Å². The van der Waals surface area contributed by atoms with Gasteiger partial charge in [0, 0.05) is 161 Å².